The number of thioether (sulfide) groups is 1. The van der Waals surface area contributed by atoms with Gasteiger partial charge in [-0.25, -0.2) is 9.89 Å². The second-order valence-corrected chi connectivity index (χ2v) is 7.14. The Balaban J connectivity index is 2.11. The average Bonchev–Trinajstić information content (AvgIpc) is 2.78. The average molecular weight is 364 g/mol. The molecule has 0 aliphatic carbocycles. The van der Waals surface area contributed by atoms with Crippen LogP contribution in [0.1, 0.15) is 64.8 Å². The molecule has 0 aliphatic heterocycles. The predicted octanol–water partition coefficient (Wildman–Crippen LogP) is 4.37. The Kier molecular flexibility index (Phi) is 9.35. The number of hydrogen-bond donors (Lipinski definition) is 1. The van der Waals surface area contributed by atoms with Gasteiger partial charge in [-0.3, -0.25) is 4.57 Å². The third kappa shape index (κ3) is 6.48. The van der Waals surface area contributed by atoms with Crippen LogP contribution in [-0.2, 0) is 0 Å². The summed E-state index contributed by atoms with van der Waals surface area (Å²) in [5.41, 5.74) is -0.103. The van der Waals surface area contributed by atoms with Crippen molar-refractivity contribution in [2.24, 2.45) is 0 Å². The topological polar surface area (TPSA) is 50.7 Å². The van der Waals surface area contributed by atoms with Gasteiger partial charge in [0.2, 0.25) is 0 Å². The summed E-state index contributed by atoms with van der Waals surface area (Å²) in [6.07, 6.45) is 9.12. The van der Waals surface area contributed by atoms with Crippen molar-refractivity contribution < 1.29 is 0 Å². The molecule has 1 rings (SSSR count). The summed E-state index contributed by atoms with van der Waals surface area (Å²) in [6, 6.07) is 0.165. The molecule has 0 spiro atoms. The maximum atomic E-state index is 11.6. The van der Waals surface area contributed by atoms with Gasteiger partial charge in [0.05, 0.1) is 0 Å². The van der Waals surface area contributed by atoms with Crippen LogP contribution in [0.25, 0.3) is 0 Å². The lowest BCUT2D eigenvalue weighted by Crippen LogP contribution is -2.19. The van der Waals surface area contributed by atoms with Crippen molar-refractivity contribution >= 4 is 27.7 Å². The molecular formula is C14H26BrN3OS. The number of unbranched alkanes of at least 4 members (excludes halogenated alkanes) is 6. The first-order valence-corrected chi connectivity index (χ1v) is 9.63. The zero-order valence-electron chi connectivity index (χ0n) is 12.5. The van der Waals surface area contributed by atoms with Gasteiger partial charge >= 0.3 is 5.69 Å². The predicted molar refractivity (Wildman–Crippen MR) is 90.1 cm³/mol. The SMILES string of the molecule is CC(C)n1c(SCCCCCCCCCBr)n[nH]c1=O. The van der Waals surface area contributed by atoms with Gasteiger partial charge < -0.3 is 0 Å². The normalized spacial score (nSPS) is 11.4. The summed E-state index contributed by atoms with van der Waals surface area (Å²) in [6.45, 7) is 4.02. The Hall–Kier alpha value is -0.230. The highest BCUT2D eigenvalue weighted by molar-refractivity contribution is 9.09. The van der Waals surface area contributed by atoms with E-state index in [-0.39, 0.29) is 11.7 Å². The molecule has 0 aromatic carbocycles. The van der Waals surface area contributed by atoms with Crippen molar-refractivity contribution in [1.82, 2.24) is 14.8 Å². The molecule has 20 heavy (non-hydrogen) atoms. The minimum absolute atomic E-state index is 0.103. The second-order valence-electron chi connectivity index (χ2n) is 5.29. The molecule has 1 aromatic heterocycles. The molecule has 0 fully saturated rings. The Morgan fingerprint density at radius 3 is 2.35 bits per heavy atom. The number of nitrogens with one attached hydrogen (secondary N) is 1. The van der Waals surface area contributed by atoms with E-state index in [4.69, 9.17) is 0 Å². The summed E-state index contributed by atoms with van der Waals surface area (Å²) in [4.78, 5) is 11.6. The molecule has 0 saturated heterocycles. The number of nitrogens with zero attached hydrogens (tertiary/aromatic N) is 2. The van der Waals surface area contributed by atoms with Crippen LogP contribution in [0.2, 0.25) is 0 Å². The van der Waals surface area contributed by atoms with E-state index in [1.165, 1.54) is 44.9 Å². The molecule has 0 unspecified atom stereocenters. The smallest absolute Gasteiger partial charge is 0.268 e. The quantitative estimate of drug-likeness (QED) is 0.360. The highest BCUT2D eigenvalue weighted by Crippen LogP contribution is 2.19. The molecule has 1 heterocycles. The van der Waals surface area contributed by atoms with Crippen LogP contribution >= 0.6 is 27.7 Å². The maximum absolute atomic E-state index is 11.6. The number of H-pyrrole nitrogens is 1. The molecule has 0 amide bonds. The van der Waals surface area contributed by atoms with Crippen LogP contribution in [0.5, 0.6) is 0 Å². The van der Waals surface area contributed by atoms with Gasteiger partial charge in [-0.15, -0.1) is 5.10 Å². The Morgan fingerprint density at radius 2 is 1.75 bits per heavy atom. The third-order valence-electron chi connectivity index (χ3n) is 3.20. The minimum atomic E-state index is -0.103. The summed E-state index contributed by atoms with van der Waals surface area (Å²) in [5.74, 6) is 1.04. The zero-order valence-corrected chi connectivity index (χ0v) is 14.9. The fourth-order valence-electron chi connectivity index (χ4n) is 2.09. The molecule has 6 heteroatoms. The number of hydrogen-bond acceptors (Lipinski definition) is 3. The molecule has 0 radical (unpaired) electrons. The minimum Gasteiger partial charge on any atom is -0.268 e. The molecule has 1 N–H and O–H groups in total. The van der Waals surface area contributed by atoms with Gasteiger partial charge in [0.1, 0.15) is 0 Å². The first-order chi connectivity index (χ1) is 9.66. The van der Waals surface area contributed by atoms with Crippen molar-refractivity contribution in [2.75, 3.05) is 11.1 Å². The van der Waals surface area contributed by atoms with Crippen LogP contribution < -0.4 is 5.69 Å². The Labute approximate surface area is 134 Å². The van der Waals surface area contributed by atoms with Crippen molar-refractivity contribution in [2.45, 2.75) is 70.0 Å². The molecule has 0 bridgehead atoms. The van der Waals surface area contributed by atoms with E-state index in [0.717, 1.165) is 16.2 Å². The monoisotopic (exact) mass is 363 g/mol. The molecule has 116 valence electrons. The standard InChI is InChI=1S/C14H26BrN3OS/c1-12(2)18-13(19)16-17-14(18)20-11-9-7-5-3-4-6-8-10-15/h12H,3-11H2,1-2H3,(H,16,19). The lowest BCUT2D eigenvalue weighted by molar-refractivity contribution is 0.533. The van der Waals surface area contributed by atoms with Crippen molar-refractivity contribution in [3.8, 4) is 0 Å². The molecule has 0 saturated carbocycles. The van der Waals surface area contributed by atoms with E-state index >= 15 is 0 Å². The fraction of sp³-hybridized carbons (Fsp3) is 0.857. The highest BCUT2D eigenvalue weighted by atomic mass is 79.9. The van der Waals surface area contributed by atoms with Crippen LogP contribution in [0.4, 0.5) is 0 Å². The van der Waals surface area contributed by atoms with Gasteiger partial charge in [0.25, 0.3) is 0 Å². The van der Waals surface area contributed by atoms with Crippen LogP contribution in [0.15, 0.2) is 9.95 Å². The van der Waals surface area contributed by atoms with E-state index in [1.54, 1.807) is 16.3 Å². The maximum Gasteiger partial charge on any atom is 0.344 e. The van der Waals surface area contributed by atoms with Crippen molar-refractivity contribution in [3.63, 3.8) is 0 Å². The lowest BCUT2D eigenvalue weighted by atomic mass is 10.1. The van der Waals surface area contributed by atoms with Gasteiger partial charge in [0.15, 0.2) is 5.16 Å². The summed E-state index contributed by atoms with van der Waals surface area (Å²) >= 11 is 5.14. The molecule has 0 atom stereocenters. The van der Waals surface area contributed by atoms with E-state index in [0.29, 0.717) is 0 Å². The van der Waals surface area contributed by atoms with Crippen molar-refractivity contribution in [3.05, 3.63) is 10.5 Å². The zero-order chi connectivity index (χ0) is 14.8. The summed E-state index contributed by atoms with van der Waals surface area (Å²) in [7, 11) is 0. The number of aromatic nitrogens is 3. The highest BCUT2D eigenvalue weighted by Gasteiger charge is 2.10. The third-order valence-corrected chi connectivity index (χ3v) is 4.80. The van der Waals surface area contributed by atoms with Gasteiger partial charge in [-0.2, -0.15) is 0 Å². The van der Waals surface area contributed by atoms with Gasteiger partial charge in [-0.05, 0) is 26.7 Å². The molecule has 0 aliphatic rings. The van der Waals surface area contributed by atoms with Crippen LogP contribution in [-0.4, -0.2) is 25.8 Å². The van der Waals surface area contributed by atoms with Gasteiger partial charge in [0, 0.05) is 17.1 Å². The molecule has 4 nitrogen and oxygen atoms in total. The summed E-state index contributed by atoms with van der Waals surface area (Å²) < 4.78 is 1.73. The van der Waals surface area contributed by atoms with Crippen molar-refractivity contribution in [1.29, 1.82) is 0 Å². The first kappa shape index (κ1) is 17.8. The number of rotatable bonds is 11. The molecule has 1 aromatic rings. The number of halogens is 1. The largest absolute Gasteiger partial charge is 0.344 e. The van der Waals surface area contributed by atoms with E-state index in [2.05, 4.69) is 26.1 Å². The van der Waals surface area contributed by atoms with E-state index in [9.17, 15) is 4.79 Å². The molecular weight excluding hydrogens is 338 g/mol. The Morgan fingerprint density at radius 1 is 1.15 bits per heavy atom. The fourth-order valence-corrected chi connectivity index (χ4v) is 3.56. The number of aromatic amines is 1. The van der Waals surface area contributed by atoms with E-state index < -0.39 is 0 Å². The second kappa shape index (κ2) is 10.5. The first-order valence-electron chi connectivity index (χ1n) is 7.52. The van der Waals surface area contributed by atoms with Crippen LogP contribution in [0.3, 0.4) is 0 Å². The number of alkyl halides is 1. The van der Waals surface area contributed by atoms with Gasteiger partial charge in [-0.1, -0.05) is 59.8 Å². The lowest BCUT2D eigenvalue weighted by Gasteiger charge is -2.08. The Bertz CT molecular complexity index is 417. The van der Waals surface area contributed by atoms with Crippen LogP contribution in [0, 0.1) is 0 Å². The van der Waals surface area contributed by atoms with E-state index in [1.807, 2.05) is 13.8 Å². The summed E-state index contributed by atoms with van der Waals surface area (Å²) in [5, 5.41) is 8.57.